The molecule has 3 N–H and O–H groups in total. The zero-order valence-electron chi connectivity index (χ0n) is 10.9. The first-order valence-electron chi connectivity index (χ1n) is 6.77. The second-order valence-corrected chi connectivity index (χ2v) is 5.30. The Morgan fingerprint density at radius 1 is 1.21 bits per heavy atom. The van der Waals surface area contributed by atoms with Gasteiger partial charge in [-0.25, -0.2) is 4.79 Å². The number of piperazine rings is 1. The molecule has 1 heterocycles. The molecule has 5 nitrogen and oxygen atoms in total. The average Bonchev–Trinajstić information content (AvgIpc) is 3.23. The third-order valence-electron chi connectivity index (χ3n) is 4.03. The van der Waals surface area contributed by atoms with Gasteiger partial charge in [0.25, 0.3) is 0 Å². The summed E-state index contributed by atoms with van der Waals surface area (Å²) in [5.74, 6) is -0.962. The number of hydrogen-bond donors (Lipinski definition) is 2. The van der Waals surface area contributed by atoms with Crippen molar-refractivity contribution >= 4 is 17.3 Å². The normalized spacial score (nSPS) is 20.5. The van der Waals surface area contributed by atoms with E-state index in [1.165, 1.54) is 12.8 Å². The maximum absolute atomic E-state index is 11.1. The van der Waals surface area contributed by atoms with E-state index in [4.69, 9.17) is 10.8 Å². The Morgan fingerprint density at radius 3 is 2.47 bits per heavy atom. The molecule has 1 saturated carbocycles. The van der Waals surface area contributed by atoms with Gasteiger partial charge < -0.3 is 15.7 Å². The Labute approximate surface area is 112 Å². The van der Waals surface area contributed by atoms with Crippen LogP contribution < -0.4 is 10.6 Å². The predicted molar refractivity (Wildman–Crippen MR) is 74.6 cm³/mol. The molecule has 0 atom stereocenters. The quantitative estimate of drug-likeness (QED) is 0.801. The fourth-order valence-electron chi connectivity index (χ4n) is 2.78. The van der Waals surface area contributed by atoms with Crippen LogP contribution in [0, 0.1) is 0 Å². The Balaban J connectivity index is 1.75. The van der Waals surface area contributed by atoms with Crippen LogP contribution in [-0.4, -0.2) is 48.2 Å². The maximum atomic E-state index is 11.1. The summed E-state index contributed by atoms with van der Waals surface area (Å²) in [6.07, 6.45) is 2.66. The van der Waals surface area contributed by atoms with Crippen molar-refractivity contribution in [1.82, 2.24) is 4.90 Å². The summed E-state index contributed by atoms with van der Waals surface area (Å²) >= 11 is 0. The molecular formula is C14H19N3O2. The van der Waals surface area contributed by atoms with Crippen molar-refractivity contribution in [2.24, 2.45) is 0 Å². The second kappa shape index (κ2) is 4.74. The zero-order chi connectivity index (χ0) is 13.4. The number of anilines is 2. The van der Waals surface area contributed by atoms with E-state index in [-0.39, 0.29) is 5.56 Å². The molecule has 1 aromatic rings. The third-order valence-corrected chi connectivity index (χ3v) is 4.03. The number of nitrogens with two attached hydrogens (primary N) is 1. The molecule has 3 rings (SSSR count). The number of carboxylic acids is 1. The summed E-state index contributed by atoms with van der Waals surface area (Å²) in [6, 6.07) is 6.03. The summed E-state index contributed by atoms with van der Waals surface area (Å²) in [6.45, 7) is 3.93. The van der Waals surface area contributed by atoms with Gasteiger partial charge in [0.15, 0.2) is 0 Å². The summed E-state index contributed by atoms with van der Waals surface area (Å²) < 4.78 is 0. The van der Waals surface area contributed by atoms with E-state index in [2.05, 4.69) is 9.80 Å². The van der Waals surface area contributed by atoms with Crippen LogP contribution >= 0.6 is 0 Å². The topological polar surface area (TPSA) is 69.8 Å². The number of benzene rings is 1. The first-order chi connectivity index (χ1) is 9.16. The highest BCUT2D eigenvalue weighted by Gasteiger charge is 2.31. The molecule has 1 saturated heterocycles. The van der Waals surface area contributed by atoms with Crippen LogP contribution in [-0.2, 0) is 0 Å². The molecule has 0 aromatic heterocycles. The molecule has 1 aromatic carbocycles. The minimum Gasteiger partial charge on any atom is -0.478 e. The first kappa shape index (κ1) is 12.3. The highest BCUT2D eigenvalue weighted by Crippen LogP contribution is 2.31. The molecule has 2 fully saturated rings. The number of rotatable bonds is 3. The van der Waals surface area contributed by atoms with Gasteiger partial charge in [-0.3, -0.25) is 4.90 Å². The Morgan fingerprint density at radius 2 is 1.89 bits per heavy atom. The summed E-state index contributed by atoms with van der Waals surface area (Å²) in [7, 11) is 0. The second-order valence-electron chi connectivity index (χ2n) is 5.30. The van der Waals surface area contributed by atoms with Crippen molar-refractivity contribution in [2.75, 3.05) is 36.8 Å². The van der Waals surface area contributed by atoms with Crippen LogP contribution in [0.25, 0.3) is 0 Å². The van der Waals surface area contributed by atoms with Gasteiger partial charge in [-0.15, -0.1) is 0 Å². The van der Waals surface area contributed by atoms with E-state index in [1.807, 2.05) is 6.07 Å². The number of carbonyl (C=O) groups is 1. The van der Waals surface area contributed by atoms with Crippen molar-refractivity contribution in [3.05, 3.63) is 23.8 Å². The van der Waals surface area contributed by atoms with Crippen molar-refractivity contribution < 1.29 is 9.90 Å². The van der Waals surface area contributed by atoms with Gasteiger partial charge in [-0.1, -0.05) is 6.07 Å². The van der Waals surface area contributed by atoms with Crippen LogP contribution in [0.1, 0.15) is 23.2 Å². The fraction of sp³-hybridized carbons (Fsp3) is 0.500. The molecule has 0 amide bonds. The van der Waals surface area contributed by atoms with Crippen LogP contribution in [0.3, 0.4) is 0 Å². The lowest BCUT2D eigenvalue weighted by Crippen LogP contribution is -2.47. The van der Waals surface area contributed by atoms with E-state index in [0.717, 1.165) is 37.9 Å². The Bertz CT molecular complexity index is 491. The predicted octanol–water partition coefficient (Wildman–Crippen LogP) is 1.25. The number of carboxylic acid groups (broad SMARTS) is 1. The SMILES string of the molecule is Nc1c(C(=O)O)cccc1N1CCN(C2CC2)CC1. The maximum Gasteiger partial charge on any atom is 0.337 e. The van der Waals surface area contributed by atoms with Crippen LogP contribution in [0.4, 0.5) is 11.4 Å². The van der Waals surface area contributed by atoms with Crippen LogP contribution in [0.15, 0.2) is 18.2 Å². The first-order valence-corrected chi connectivity index (χ1v) is 6.77. The van der Waals surface area contributed by atoms with E-state index in [0.29, 0.717) is 5.69 Å². The zero-order valence-corrected chi connectivity index (χ0v) is 10.9. The number of para-hydroxylation sites is 1. The highest BCUT2D eigenvalue weighted by atomic mass is 16.4. The van der Waals surface area contributed by atoms with E-state index in [1.54, 1.807) is 12.1 Å². The van der Waals surface area contributed by atoms with Crippen LogP contribution in [0.5, 0.6) is 0 Å². The van der Waals surface area contributed by atoms with Crippen molar-refractivity contribution in [3.8, 4) is 0 Å². The molecule has 1 aliphatic heterocycles. The van der Waals surface area contributed by atoms with Gasteiger partial charge in [-0.05, 0) is 25.0 Å². The third kappa shape index (κ3) is 2.38. The minimum absolute atomic E-state index is 0.196. The highest BCUT2D eigenvalue weighted by molar-refractivity contribution is 5.97. The Hall–Kier alpha value is -1.75. The molecule has 19 heavy (non-hydrogen) atoms. The minimum atomic E-state index is -0.962. The monoisotopic (exact) mass is 261 g/mol. The van der Waals surface area contributed by atoms with E-state index >= 15 is 0 Å². The lowest BCUT2D eigenvalue weighted by atomic mass is 10.1. The summed E-state index contributed by atoms with van der Waals surface area (Å²) in [5, 5.41) is 9.10. The lowest BCUT2D eigenvalue weighted by molar-refractivity contribution is 0.0698. The van der Waals surface area contributed by atoms with Crippen LogP contribution in [0.2, 0.25) is 0 Å². The average molecular weight is 261 g/mol. The summed E-state index contributed by atoms with van der Waals surface area (Å²) in [4.78, 5) is 15.8. The molecule has 0 radical (unpaired) electrons. The smallest absolute Gasteiger partial charge is 0.337 e. The number of nitrogens with zero attached hydrogens (tertiary/aromatic N) is 2. The molecule has 0 unspecified atom stereocenters. The molecule has 1 aliphatic carbocycles. The summed E-state index contributed by atoms with van der Waals surface area (Å²) in [5.41, 5.74) is 7.42. The van der Waals surface area contributed by atoms with Gasteiger partial charge in [-0.2, -0.15) is 0 Å². The molecule has 102 valence electrons. The number of aromatic carboxylic acids is 1. The molecule has 2 aliphatic rings. The van der Waals surface area contributed by atoms with Crippen molar-refractivity contribution in [2.45, 2.75) is 18.9 Å². The lowest BCUT2D eigenvalue weighted by Gasteiger charge is -2.36. The van der Waals surface area contributed by atoms with Crippen molar-refractivity contribution in [3.63, 3.8) is 0 Å². The van der Waals surface area contributed by atoms with E-state index < -0.39 is 5.97 Å². The Kier molecular flexibility index (Phi) is 3.06. The molecule has 5 heteroatoms. The standard InChI is InChI=1S/C14H19N3O2/c15-13-11(14(18)19)2-1-3-12(13)17-8-6-16(7-9-17)10-4-5-10/h1-3,10H,4-9,15H2,(H,18,19). The van der Waals surface area contributed by atoms with E-state index in [9.17, 15) is 4.79 Å². The van der Waals surface area contributed by atoms with Gasteiger partial charge in [0.1, 0.15) is 0 Å². The van der Waals surface area contributed by atoms with Gasteiger partial charge >= 0.3 is 5.97 Å². The van der Waals surface area contributed by atoms with Gasteiger partial charge in [0.2, 0.25) is 0 Å². The van der Waals surface area contributed by atoms with Gasteiger partial charge in [0, 0.05) is 32.2 Å². The number of nitrogen functional groups attached to an aromatic ring is 1. The largest absolute Gasteiger partial charge is 0.478 e. The molecule has 0 spiro atoms. The molecular weight excluding hydrogens is 242 g/mol. The van der Waals surface area contributed by atoms with Gasteiger partial charge in [0.05, 0.1) is 16.9 Å². The molecule has 0 bridgehead atoms. The fourth-order valence-corrected chi connectivity index (χ4v) is 2.78. The number of hydrogen-bond acceptors (Lipinski definition) is 4. The van der Waals surface area contributed by atoms with Crippen molar-refractivity contribution in [1.29, 1.82) is 0 Å².